The number of nitrogens with zero attached hydrogens (tertiary/aromatic N) is 4. The van der Waals surface area contributed by atoms with Crippen molar-refractivity contribution in [3.05, 3.63) is 54.6 Å². The topological polar surface area (TPSA) is 58.6 Å². The molecule has 4 rings (SSSR count). The molecule has 0 saturated carbocycles. The van der Waals surface area contributed by atoms with Gasteiger partial charge in [-0.1, -0.05) is 18.2 Å². The third kappa shape index (κ3) is 3.29. The van der Waals surface area contributed by atoms with Gasteiger partial charge < -0.3 is 14.5 Å². The van der Waals surface area contributed by atoms with Crippen LogP contribution in [0.25, 0.3) is 0 Å². The maximum Gasteiger partial charge on any atom is 0.256 e. The fourth-order valence-corrected chi connectivity index (χ4v) is 4.00. The van der Waals surface area contributed by atoms with Gasteiger partial charge in [0.1, 0.15) is 6.33 Å². The minimum absolute atomic E-state index is 0.0106. The second-order valence-corrected chi connectivity index (χ2v) is 7.22. The average molecular weight is 352 g/mol. The minimum atomic E-state index is -0.0995. The SMILES string of the molecule is CN(c1ccccc1)C1COC2(CCN(C(=O)c3cncnc3)CC2)C1. The average Bonchev–Trinajstić information content (AvgIpc) is 3.12. The number of benzene rings is 1. The lowest BCUT2D eigenvalue weighted by Gasteiger charge is -2.39. The van der Waals surface area contributed by atoms with Crippen molar-refractivity contribution in [1.82, 2.24) is 14.9 Å². The highest BCUT2D eigenvalue weighted by molar-refractivity contribution is 5.93. The highest BCUT2D eigenvalue weighted by Crippen LogP contribution is 2.38. The van der Waals surface area contributed by atoms with Gasteiger partial charge in [-0.2, -0.15) is 0 Å². The first-order valence-electron chi connectivity index (χ1n) is 9.13. The van der Waals surface area contributed by atoms with Crippen LogP contribution < -0.4 is 4.90 Å². The maximum absolute atomic E-state index is 12.6. The molecule has 1 aromatic heterocycles. The predicted molar refractivity (Wildman–Crippen MR) is 99.1 cm³/mol. The van der Waals surface area contributed by atoms with Crippen molar-refractivity contribution in [1.29, 1.82) is 0 Å². The molecule has 6 heteroatoms. The number of hydrogen-bond acceptors (Lipinski definition) is 5. The van der Waals surface area contributed by atoms with E-state index in [0.717, 1.165) is 39.0 Å². The number of para-hydroxylation sites is 1. The van der Waals surface area contributed by atoms with Gasteiger partial charge >= 0.3 is 0 Å². The first-order valence-corrected chi connectivity index (χ1v) is 9.13. The van der Waals surface area contributed by atoms with Crippen LogP contribution in [0.3, 0.4) is 0 Å². The lowest BCUT2D eigenvalue weighted by molar-refractivity contribution is -0.0388. The summed E-state index contributed by atoms with van der Waals surface area (Å²) in [6.07, 6.45) is 7.37. The van der Waals surface area contributed by atoms with Crippen LogP contribution in [0.2, 0.25) is 0 Å². The van der Waals surface area contributed by atoms with E-state index in [4.69, 9.17) is 4.74 Å². The van der Waals surface area contributed by atoms with Crippen LogP contribution in [-0.4, -0.2) is 59.2 Å². The van der Waals surface area contributed by atoms with Gasteiger partial charge in [0, 0.05) is 38.2 Å². The van der Waals surface area contributed by atoms with Gasteiger partial charge in [-0.15, -0.1) is 0 Å². The van der Waals surface area contributed by atoms with Crippen molar-refractivity contribution < 1.29 is 9.53 Å². The number of rotatable bonds is 3. The van der Waals surface area contributed by atoms with E-state index in [1.165, 1.54) is 12.0 Å². The Kier molecular flexibility index (Phi) is 4.59. The summed E-state index contributed by atoms with van der Waals surface area (Å²) in [6, 6.07) is 10.8. The highest BCUT2D eigenvalue weighted by Gasteiger charge is 2.44. The third-order valence-electron chi connectivity index (χ3n) is 5.67. The van der Waals surface area contributed by atoms with Crippen molar-refractivity contribution in [2.45, 2.75) is 30.9 Å². The van der Waals surface area contributed by atoms with Crippen LogP contribution in [0.1, 0.15) is 29.6 Å². The van der Waals surface area contributed by atoms with Gasteiger partial charge in [0.15, 0.2) is 0 Å². The van der Waals surface area contributed by atoms with Crippen molar-refractivity contribution in [3.63, 3.8) is 0 Å². The van der Waals surface area contributed by atoms with Gasteiger partial charge in [0.2, 0.25) is 0 Å². The molecular formula is C20H24N4O2. The molecule has 3 heterocycles. The number of piperidine rings is 1. The van der Waals surface area contributed by atoms with E-state index in [1.54, 1.807) is 12.4 Å². The number of anilines is 1. The number of carbonyl (C=O) groups is 1. The van der Waals surface area contributed by atoms with Crippen LogP contribution in [0, 0.1) is 0 Å². The van der Waals surface area contributed by atoms with E-state index in [2.05, 4.69) is 46.2 Å². The van der Waals surface area contributed by atoms with E-state index >= 15 is 0 Å². The lowest BCUT2D eigenvalue weighted by Crippen LogP contribution is -2.47. The summed E-state index contributed by atoms with van der Waals surface area (Å²) in [5, 5.41) is 0. The predicted octanol–water partition coefficient (Wildman–Crippen LogP) is 2.38. The second-order valence-electron chi connectivity index (χ2n) is 7.22. The molecule has 2 aromatic rings. The summed E-state index contributed by atoms with van der Waals surface area (Å²) in [7, 11) is 2.14. The summed E-state index contributed by atoms with van der Waals surface area (Å²) < 4.78 is 6.27. The van der Waals surface area contributed by atoms with Gasteiger partial charge in [-0.05, 0) is 31.4 Å². The van der Waals surface area contributed by atoms with Crippen molar-refractivity contribution in [2.75, 3.05) is 31.6 Å². The Morgan fingerprint density at radius 2 is 1.88 bits per heavy atom. The summed E-state index contributed by atoms with van der Waals surface area (Å²) in [4.78, 5) is 24.6. The monoisotopic (exact) mass is 352 g/mol. The summed E-state index contributed by atoms with van der Waals surface area (Å²) in [5.41, 5.74) is 1.67. The molecule has 136 valence electrons. The first kappa shape index (κ1) is 17.0. The van der Waals surface area contributed by atoms with Crippen molar-refractivity contribution in [3.8, 4) is 0 Å². The largest absolute Gasteiger partial charge is 0.373 e. The van der Waals surface area contributed by atoms with Crippen molar-refractivity contribution >= 4 is 11.6 Å². The maximum atomic E-state index is 12.6. The molecule has 0 radical (unpaired) electrons. The quantitative estimate of drug-likeness (QED) is 0.849. The zero-order chi connectivity index (χ0) is 18.0. The van der Waals surface area contributed by atoms with Crippen LogP contribution >= 0.6 is 0 Å². The molecule has 2 saturated heterocycles. The smallest absolute Gasteiger partial charge is 0.256 e. The van der Waals surface area contributed by atoms with Crippen LogP contribution in [-0.2, 0) is 4.74 Å². The first-order chi connectivity index (χ1) is 12.7. The summed E-state index contributed by atoms with van der Waals surface area (Å²) >= 11 is 0. The fourth-order valence-electron chi connectivity index (χ4n) is 4.00. The van der Waals surface area contributed by atoms with Gasteiger partial charge in [-0.25, -0.2) is 9.97 Å². The minimum Gasteiger partial charge on any atom is -0.373 e. The summed E-state index contributed by atoms with van der Waals surface area (Å²) in [5.74, 6) is 0.0106. The zero-order valence-electron chi connectivity index (χ0n) is 15.0. The molecule has 2 aliphatic rings. The normalized spacial score (nSPS) is 21.7. The molecule has 1 spiro atoms. The molecule has 1 aromatic carbocycles. The lowest BCUT2D eigenvalue weighted by atomic mass is 9.87. The Morgan fingerprint density at radius 1 is 1.19 bits per heavy atom. The molecule has 1 amide bonds. The van der Waals surface area contributed by atoms with E-state index in [1.807, 2.05) is 11.0 Å². The molecule has 0 N–H and O–H groups in total. The molecule has 2 aliphatic heterocycles. The molecule has 1 unspecified atom stereocenters. The van der Waals surface area contributed by atoms with Gasteiger partial charge in [0.25, 0.3) is 5.91 Å². The van der Waals surface area contributed by atoms with Crippen molar-refractivity contribution in [2.24, 2.45) is 0 Å². The Bertz CT molecular complexity index is 745. The Balaban J connectivity index is 1.37. The molecule has 0 aliphatic carbocycles. The highest BCUT2D eigenvalue weighted by atomic mass is 16.5. The van der Waals surface area contributed by atoms with Gasteiger partial charge in [0.05, 0.1) is 23.8 Å². The number of carbonyl (C=O) groups excluding carboxylic acids is 1. The molecule has 0 bridgehead atoms. The standard InChI is InChI=1S/C20H24N4O2/c1-23(17-5-3-2-4-6-17)18-11-20(26-14-18)7-9-24(10-8-20)19(25)16-12-21-15-22-13-16/h2-6,12-13,15,18H,7-11,14H2,1H3. The molecule has 26 heavy (non-hydrogen) atoms. The molecular weight excluding hydrogens is 328 g/mol. The number of hydrogen-bond donors (Lipinski definition) is 0. The number of aromatic nitrogens is 2. The van der Waals surface area contributed by atoms with E-state index in [0.29, 0.717) is 11.6 Å². The molecule has 2 fully saturated rings. The third-order valence-corrected chi connectivity index (χ3v) is 5.67. The second kappa shape index (κ2) is 7.03. The molecule has 6 nitrogen and oxygen atoms in total. The van der Waals surface area contributed by atoms with E-state index in [9.17, 15) is 4.79 Å². The zero-order valence-corrected chi connectivity index (χ0v) is 15.0. The number of ether oxygens (including phenoxy) is 1. The van der Waals surface area contributed by atoms with Gasteiger partial charge in [-0.3, -0.25) is 4.79 Å². The Morgan fingerprint density at radius 3 is 2.58 bits per heavy atom. The van der Waals surface area contributed by atoms with Crippen LogP contribution in [0.5, 0.6) is 0 Å². The fraction of sp³-hybridized carbons (Fsp3) is 0.450. The Labute approximate surface area is 153 Å². The Hall–Kier alpha value is -2.47. The summed E-state index contributed by atoms with van der Waals surface area (Å²) in [6.45, 7) is 2.18. The number of likely N-dealkylation sites (tertiary alicyclic amines) is 1. The van der Waals surface area contributed by atoms with E-state index in [-0.39, 0.29) is 11.5 Å². The number of likely N-dealkylation sites (N-methyl/N-ethyl adjacent to an activating group) is 1. The number of amides is 1. The van der Waals surface area contributed by atoms with E-state index < -0.39 is 0 Å². The van der Waals surface area contributed by atoms with Crippen LogP contribution in [0.15, 0.2) is 49.1 Å². The van der Waals surface area contributed by atoms with Crippen LogP contribution in [0.4, 0.5) is 5.69 Å². The molecule has 1 atom stereocenters.